The summed E-state index contributed by atoms with van der Waals surface area (Å²) in [7, 11) is -1.15. The van der Waals surface area contributed by atoms with Crippen molar-refractivity contribution in [1.29, 1.82) is 0 Å². The van der Waals surface area contributed by atoms with E-state index in [1.165, 1.54) is 11.1 Å². The molecule has 1 rings (SSSR count). The number of aryl methyl sites for hydroxylation is 1. The molecule has 114 valence electrons. The van der Waals surface area contributed by atoms with Gasteiger partial charge in [-0.2, -0.15) is 0 Å². The lowest BCUT2D eigenvalue weighted by atomic mass is 9.95. The first-order chi connectivity index (χ1) is 9.17. The van der Waals surface area contributed by atoms with Gasteiger partial charge in [0.2, 0.25) is 0 Å². The molecule has 0 saturated carbocycles. The second-order valence-electron chi connectivity index (χ2n) is 6.39. The highest BCUT2D eigenvalue weighted by Gasteiger charge is 2.29. The van der Waals surface area contributed by atoms with E-state index in [-0.39, 0.29) is 11.7 Å². The zero-order valence-electron chi connectivity index (χ0n) is 13.2. The molecule has 0 fully saturated rings. The van der Waals surface area contributed by atoms with Crippen LogP contribution in [0.4, 0.5) is 0 Å². The maximum Gasteiger partial charge on any atom is 0.155 e. The number of sulfone groups is 1. The molecule has 3 nitrogen and oxygen atoms in total. The Hall–Kier alpha value is -0.870. The largest absolute Gasteiger partial charge is 0.319 e. The Morgan fingerprint density at radius 1 is 1.25 bits per heavy atom. The van der Waals surface area contributed by atoms with Gasteiger partial charge >= 0.3 is 0 Å². The number of hydrogen-bond donors (Lipinski definition) is 1. The van der Waals surface area contributed by atoms with Gasteiger partial charge in [-0.25, -0.2) is 8.42 Å². The van der Waals surface area contributed by atoms with Gasteiger partial charge < -0.3 is 5.32 Å². The maximum atomic E-state index is 12.2. The van der Waals surface area contributed by atoms with E-state index in [1.54, 1.807) is 20.8 Å². The molecule has 0 aliphatic carbocycles. The monoisotopic (exact) mass is 297 g/mol. The molecule has 0 bridgehead atoms. The fourth-order valence-corrected chi connectivity index (χ4v) is 3.37. The Morgan fingerprint density at radius 3 is 2.40 bits per heavy atom. The van der Waals surface area contributed by atoms with Crippen LogP contribution >= 0.6 is 0 Å². The molecule has 1 unspecified atom stereocenters. The van der Waals surface area contributed by atoms with Crippen LogP contribution in [0.2, 0.25) is 0 Å². The predicted octanol–water partition coefficient (Wildman–Crippen LogP) is 2.90. The van der Waals surface area contributed by atoms with Crippen LogP contribution < -0.4 is 5.32 Å². The summed E-state index contributed by atoms with van der Waals surface area (Å²) in [6.07, 6.45) is 0.657. The van der Waals surface area contributed by atoms with Crippen LogP contribution in [0.15, 0.2) is 24.3 Å². The Bertz CT molecular complexity index is 530. The summed E-state index contributed by atoms with van der Waals surface area (Å²) in [6, 6.07) is 8.32. The number of rotatable bonds is 6. The van der Waals surface area contributed by atoms with Crippen LogP contribution in [0.5, 0.6) is 0 Å². The summed E-state index contributed by atoms with van der Waals surface area (Å²) in [5, 5.41) is 3.17. The van der Waals surface area contributed by atoms with Gasteiger partial charge in [0, 0.05) is 6.54 Å². The first-order valence-corrected chi connectivity index (χ1v) is 8.76. The Labute approximate surface area is 123 Å². The number of nitrogens with one attached hydrogen (secondary N) is 1. The molecule has 0 heterocycles. The van der Waals surface area contributed by atoms with Crippen LogP contribution in [0, 0.1) is 6.92 Å². The highest BCUT2D eigenvalue weighted by molar-refractivity contribution is 7.92. The minimum atomic E-state index is -3.06. The molecule has 1 aromatic carbocycles. The highest BCUT2D eigenvalue weighted by Crippen LogP contribution is 2.24. The lowest BCUT2D eigenvalue weighted by molar-refractivity contribution is 0.546. The summed E-state index contributed by atoms with van der Waals surface area (Å²) in [6.45, 7) is 8.15. The van der Waals surface area contributed by atoms with E-state index >= 15 is 0 Å². The van der Waals surface area contributed by atoms with Crippen LogP contribution in [0.25, 0.3) is 0 Å². The quantitative estimate of drug-likeness (QED) is 0.878. The minimum absolute atomic E-state index is 0.233. The van der Waals surface area contributed by atoms with Crippen molar-refractivity contribution in [1.82, 2.24) is 5.32 Å². The maximum absolute atomic E-state index is 12.2. The Balaban J connectivity index is 2.84. The molecule has 4 heteroatoms. The fraction of sp³-hybridized carbons (Fsp3) is 0.625. The summed E-state index contributed by atoms with van der Waals surface area (Å²) in [4.78, 5) is 0. The van der Waals surface area contributed by atoms with Crippen molar-refractivity contribution in [3.63, 3.8) is 0 Å². The molecule has 0 amide bonds. The van der Waals surface area contributed by atoms with Crippen LogP contribution in [0.3, 0.4) is 0 Å². The molecule has 0 aliphatic heterocycles. The first kappa shape index (κ1) is 17.2. The second-order valence-corrected chi connectivity index (χ2v) is 9.25. The second kappa shape index (κ2) is 6.72. The van der Waals surface area contributed by atoms with E-state index in [1.807, 2.05) is 13.1 Å². The third kappa shape index (κ3) is 4.60. The van der Waals surface area contributed by atoms with Gasteiger partial charge in [-0.15, -0.1) is 0 Å². The summed E-state index contributed by atoms with van der Waals surface area (Å²) in [5.74, 6) is 0.466. The Kier molecular flexibility index (Phi) is 5.78. The average Bonchev–Trinajstić information content (AvgIpc) is 2.33. The van der Waals surface area contributed by atoms with Gasteiger partial charge in [-0.05, 0) is 52.6 Å². The summed E-state index contributed by atoms with van der Waals surface area (Å²) in [5.41, 5.74) is 2.42. The number of benzene rings is 1. The molecule has 20 heavy (non-hydrogen) atoms. The summed E-state index contributed by atoms with van der Waals surface area (Å²) >= 11 is 0. The van der Waals surface area contributed by atoms with E-state index in [0.717, 1.165) is 6.54 Å². The van der Waals surface area contributed by atoms with Crippen molar-refractivity contribution in [2.45, 2.75) is 44.8 Å². The van der Waals surface area contributed by atoms with Crippen molar-refractivity contribution in [2.75, 3.05) is 19.3 Å². The zero-order chi connectivity index (χ0) is 15.4. The standard InChI is InChI=1S/C16H27NO2S/c1-13-7-6-8-14(11-13)15(12-17-5)9-10-20(18,19)16(2,3)4/h6-8,11,15,17H,9-10,12H2,1-5H3. The number of likely N-dealkylation sites (N-methyl/N-ethyl adjacent to an activating group) is 1. The topological polar surface area (TPSA) is 46.2 Å². The van der Waals surface area contributed by atoms with E-state index in [4.69, 9.17) is 0 Å². The molecule has 1 N–H and O–H groups in total. The lowest BCUT2D eigenvalue weighted by Gasteiger charge is -2.22. The highest BCUT2D eigenvalue weighted by atomic mass is 32.2. The van der Waals surface area contributed by atoms with E-state index in [2.05, 4.69) is 30.4 Å². The van der Waals surface area contributed by atoms with Crippen molar-refractivity contribution >= 4 is 9.84 Å². The van der Waals surface area contributed by atoms with Crippen molar-refractivity contribution in [3.8, 4) is 0 Å². The molecule has 0 aliphatic rings. The Morgan fingerprint density at radius 2 is 1.90 bits per heavy atom. The van der Waals surface area contributed by atoms with Crippen LogP contribution in [-0.2, 0) is 9.84 Å². The van der Waals surface area contributed by atoms with Gasteiger partial charge in [0.1, 0.15) is 0 Å². The summed E-state index contributed by atoms with van der Waals surface area (Å²) < 4.78 is 23.8. The third-order valence-corrected chi connectivity index (χ3v) is 6.27. The third-order valence-electron chi connectivity index (χ3n) is 3.63. The zero-order valence-corrected chi connectivity index (χ0v) is 14.0. The molecular weight excluding hydrogens is 270 g/mol. The average molecular weight is 297 g/mol. The SMILES string of the molecule is CNCC(CCS(=O)(=O)C(C)(C)C)c1cccc(C)c1. The van der Waals surface area contributed by atoms with Gasteiger partial charge in [0.25, 0.3) is 0 Å². The molecular formula is C16H27NO2S. The molecule has 1 aromatic rings. The van der Waals surface area contributed by atoms with Gasteiger partial charge in [0.05, 0.1) is 10.5 Å². The van der Waals surface area contributed by atoms with E-state index < -0.39 is 14.6 Å². The van der Waals surface area contributed by atoms with Crippen LogP contribution in [0.1, 0.15) is 44.2 Å². The van der Waals surface area contributed by atoms with Crippen molar-refractivity contribution in [2.24, 2.45) is 0 Å². The van der Waals surface area contributed by atoms with Gasteiger partial charge in [-0.1, -0.05) is 29.8 Å². The smallest absolute Gasteiger partial charge is 0.155 e. The molecule has 0 saturated heterocycles. The number of hydrogen-bond acceptors (Lipinski definition) is 3. The molecule has 1 atom stereocenters. The normalized spacial score (nSPS) is 14.2. The molecule has 0 aromatic heterocycles. The van der Waals surface area contributed by atoms with E-state index in [0.29, 0.717) is 6.42 Å². The van der Waals surface area contributed by atoms with Crippen molar-refractivity contribution in [3.05, 3.63) is 35.4 Å². The van der Waals surface area contributed by atoms with Gasteiger partial charge in [-0.3, -0.25) is 0 Å². The minimum Gasteiger partial charge on any atom is -0.319 e. The first-order valence-electron chi connectivity index (χ1n) is 7.11. The van der Waals surface area contributed by atoms with E-state index in [9.17, 15) is 8.42 Å². The predicted molar refractivity (Wildman–Crippen MR) is 86.0 cm³/mol. The lowest BCUT2D eigenvalue weighted by Crippen LogP contribution is -2.31. The molecule has 0 radical (unpaired) electrons. The van der Waals surface area contributed by atoms with Crippen LogP contribution in [-0.4, -0.2) is 32.5 Å². The van der Waals surface area contributed by atoms with Crippen molar-refractivity contribution < 1.29 is 8.42 Å². The molecule has 0 spiro atoms. The fourth-order valence-electron chi connectivity index (χ4n) is 2.16. The van der Waals surface area contributed by atoms with Gasteiger partial charge in [0.15, 0.2) is 9.84 Å².